The van der Waals surface area contributed by atoms with Gasteiger partial charge in [-0.15, -0.1) is 0 Å². The lowest BCUT2D eigenvalue weighted by Gasteiger charge is -2.20. The number of hydrogen-bond donors (Lipinski definition) is 0. The first-order chi connectivity index (χ1) is 24.2. The van der Waals surface area contributed by atoms with Crippen molar-refractivity contribution in [2.45, 2.75) is 0 Å². The van der Waals surface area contributed by atoms with Crippen LogP contribution in [0.1, 0.15) is 16.8 Å². The van der Waals surface area contributed by atoms with Gasteiger partial charge in [0.05, 0.1) is 22.2 Å². The fourth-order valence-electron chi connectivity index (χ4n) is 8.57. The van der Waals surface area contributed by atoms with Crippen LogP contribution in [-0.4, -0.2) is 4.57 Å². The molecule has 1 aliphatic heterocycles. The minimum atomic E-state index is 1.22. The number of hydrogen-bond acceptors (Lipinski definition) is 0. The van der Waals surface area contributed by atoms with Crippen LogP contribution >= 0.6 is 0 Å². The van der Waals surface area contributed by atoms with Crippen molar-refractivity contribution in [1.82, 2.24) is 4.57 Å². The summed E-state index contributed by atoms with van der Waals surface area (Å²) < 4.78 is 4.84. The first kappa shape index (κ1) is 27.8. The highest BCUT2D eigenvalue weighted by Gasteiger charge is 2.37. The number of rotatable bonds is 3. The van der Waals surface area contributed by atoms with Crippen molar-refractivity contribution in [3.63, 3.8) is 0 Å². The molecule has 3 aliphatic rings. The molecule has 7 aromatic rings. The Kier molecular flexibility index (Phi) is 6.04. The third-order valence-corrected chi connectivity index (χ3v) is 10.6. The highest BCUT2D eigenvalue weighted by Crippen LogP contribution is 2.53. The van der Waals surface area contributed by atoms with Gasteiger partial charge in [-0.1, -0.05) is 140 Å². The maximum Gasteiger partial charge on any atom is 0.221 e. The van der Waals surface area contributed by atoms with Gasteiger partial charge in [-0.25, -0.2) is 0 Å². The van der Waals surface area contributed by atoms with Crippen molar-refractivity contribution in [2.24, 2.45) is 14.1 Å². The summed E-state index contributed by atoms with van der Waals surface area (Å²) >= 11 is 0. The molecule has 6 aromatic carbocycles. The lowest BCUT2D eigenvalue weighted by atomic mass is 9.92. The summed E-state index contributed by atoms with van der Waals surface area (Å²) in [5.74, 6) is 0. The van der Waals surface area contributed by atoms with Crippen LogP contribution < -0.4 is 4.57 Å². The fourth-order valence-corrected chi connectivity index (χ4v) is 8.57. The number of fused-ring (bicyclic) bond motifs is 8. The summed E-state index contributed by atoms with van der Waals surface area (Å²) in [6, 6.07) is 57.5. The van der Waals surface area contributed by atoms with Crippen molar-refractivity contribution in [2.75, 3.05) is 0 Å². The summed E-state index contributed by atoms with van der Waals surface area (Å²) in [6.07, 6.45) is 2.49. The van der Waals surface area contributed by atoms with Gasteiger partial charge in [0, 0.05) is 46.3 Å². The molecule has 10 rings (SSSR count). The van der Waals surface area contributed by atoms with Crippen molar-refractivity contribution in [3.8, 4) is 44.6 Å². The highest BCUT2D eigenvalue weighted by atomic mass is 15.0. The molecule has 0 bridgehead atoms. The number of benzene rings is 6. The maximum atomic E-state index is 2.49. The molecule has 2 nitrogen and oxygen atoms in total. The largest absolute Gasteiger partial charge is 0.343 e. The second-order valence-corrected chi connectivity index (χ2v) is 13.1. The van der Waals surface area contributed by atoms with E-state index in [1.807, 2.05) is 0 Å². The standard InChI is InChI=1S/C47H33N2/c1-48-40-27-15-13-25-36(40)42(30-17-5-3-6-18-30)44-34-23-11-9-21-32(34)38(46(44)48)29-39-33-22-10-12-24-35(33)45-43(31-19-7-4-8-20-31)37-26-14-16-28-41(37)49(2)47(39)45/h3-29H,1-2H3/q+1. The summed E-state index contributed by atoms with van der Waals surface area (Å²) in [5.41, 5.74) is 17.7. The van der Waals surface area contributed by atoms with Crippen LogP contribution in [0.5, 0.6) is 0 Å². The Morgan fingerprint density at radius 3 is 1.71 bits per heavy atom. The molecular weight excluding hydrogens is 593 g/mol. The summed E-state index contributed by atoms with van der Waals surface area (Å²) in [5, 5.41) is 5.08. The van der Waals surface area contributed by atoms with Crippen LogP contribution in [0.25, 0.3) is 88.9 Å². The molecule has 2 heterocycles. The predicted octanol–water partition coefficient (Wildman–Crippen LogP) is 11.3. The summed E-state index contributed by atoms with van der Waals surface area (Å²) in [7, 11) is 4.47. The normalized spacial score (nSPS) is 13.1. The number of para-hydroxylation sites is 2. The topological polar surface area (TPSA) is 8.81 Å². The van der Waals surface area contributed by atoms with Crippen molar-refractivity contribution < 1.29 is 4.57 Å². The Hall–Kier alpha value is -6.25. The first-order valence-corrected chi connectivity index (χ1v) is 17.0. The van der Waals surface area contributed by atoms with Gasteiger partial charge >= 0.3 is 0 Å². The molecule has 0 amide bonds. The van der Waals surface area contributed by atoms with Crippen molar-refractivity contribution >= 4 is 44.2 Å². The quantitative estimate of drug-likeness (QED) is 0.173. The SMILES string of the molecule is Cn1c2c(/C=C3\c4ccccc4-c4c(-c5ccccc5)c5ccccc5[n+](C)c43)c3ccccc3c-2c(-c2ccccc2)c2ccccc21. The van der Waals surface area contributed by atoms with Gasteiger partial charge in [-0.2, -0.15) is 4.57 Å². The van der Waals surface area contributed by atoms with Gasteiger partial charge < -0.3 is 4.57 Å². The highest BCUT2D eigenvalue weighted by molar-refractivity contribution is 6.21. The van der Waals surface area contributed by atoms with E-state index in [1.165, 1.54) is 99.6 Å². The molecule has 0 unspecified atom stereocenters. The Morgan fingerprint density at radius 1 is 0.469 bits per heavy atom. The smallest absolute Gasteiger partial charge is 0.221 e. The van der Waals surface area contributed by atoms with Crippen LogP contribution in [0.3, 0.4) is 0 Å². The number of nitrogens with zero attached hydrogens (tertiary/aromatic N) is 2. The van der Waals surface area contributed by atoms with Crippen molar-refractivity contribution in [3.05, 3.63) is 175 Å². The van der Waals surface area contributed by atoms with Gasteiger partial charge in [0.25, 0.3) is 0 Å². The molecule has 0 radical (unpaired) electrons. The summed E-state index contributed by atoms with van der Waals surface area (Å²) in [4.78, 5) is 0. The zero-order chi connectivity index (χ0) is 32.6. The molecule has 0 N–H and O–H groups in total. The van der Waals surface area contributed by atoms with E-state index in [0.29, 0.717) is 0 Å². The monoisotopic (exact) mass is 625 g/mol. The second-order valence-electron chi connectivity index (χ2n) is 13.1. The summed E-state index contributed by atoms with van der Waals surface area (Å²) in [6.45, 7) is 0. The van der Waals surface area contributed by atoms with E-state index in [-0.39, 0.29) is 0 Å². The third kappa shape index (κ3) is 3.92. The van der Waals surface area contributed by atoms with Crippen LogP contribution in [0.2, 0.25) is 0 Å². The molecule has 0 fully saturated rings. The molecule has 2 heteroatoms. The van der Waals surface area contributed by atoms with Crippen LogP contribution in [-0.2, 0) is 14.1 Å². The first-order valence-electron chi connectivity index (χ1n) is 17.0. The van der Waals surface area contributed by atoms with Gasteiger partial charge in [0.15, 0.2) is 0 Å². The fraction of sp³-hybridized carbons (Fsp3) is 0.0426. The minimum Gasteiger partial charge on any atom is -0.343 e. The molecule has 0 saturated carbocycles. The molecule has 230 valence electrons. The number of pyridine rings is 2. The van der Waals surface area contributed by atoms with Crippen LogP contribution in [0.15, 0.2) is 158 Å². The van der Waals surface area contributed by atoms with Crippen LogP contribution in [0.4, 0.5) is 0 Å². The Morgan fingerprint density at radius 2 is 1.00 bits per heavy atom. The van der Waals surface area contributed by atoms with E-state index in [9.17, 15) is 0 Å². The minimum absolute atomic E-state index is 1.22. The maximum absolute atomic E-state index is 2.49. The van der Waals surface area contributed by atoms with Gasteiger partial charge in [0.1, 0.15) is 7.05 Å². The van der Waals surface area contributed by atoms with Gasteiger partial charge in [-0.3, -0.25) is 0 Å². The van der Waals surface area contributed by atoms with E-state index in [1.54, 1.807) is 0 Å². The Balaban J connectivity index is 1.37. The van der Waals surface area contributed by atoms with Gasteiger partial charge in [-0.05, 0) is 51.2 Å². The van der Waals surface area contributed by atoms with E-state index in [2.05, 4.69) is 187 Å². The van der Waals surface area contributed by atoms with Crippen LogP contribution in [0, 0.1) is 0 Å². The van der Waals surface area contributed by atoms with Gasteiger partial charge in [0.2, 0.25) is 11.2 Å². The molecule has 0 spiro atoms. The van der Waals surface area contributed by atoms with Crippen molar-refractivity contribution in [1.29, 1.82) is 0 Å². The molecule has 0 atom stereocenters. The molecule has 0 saturated heterocycles. The van der Waals surface area contributed by atoms with E-state index in [0.717, 1.165) is 0 Å². The molecule has 1 aromatic heterocycles. The zero-order valence-corrected chi connectivity index (χ0v) is 27.5. The average molecular weight is 626 g/mol. The second kappa shape index (κ2) is 10.6. The molecule has 2 aliphatic carbocycles. The van der Waals surface area contributed by atoms with E-state index >= 15 is 0 Å². The lowest BCUT2D eigenvalue weighted by molar-refractivity contribution is -0.646. The average Bonchev–Trinajstić information content (AvgIpc) is 3.66. The lowest BCUT2D eigenvalue weighted by Crippen LogP contribution is -2.34. The predicted molar refractivity (Wildman–Crippen MR) is 205 cm³/mol. The van der Waals surface area contributed by atoms with E-state index in [4.69, 9.17) is 0 Å². The number of aryl methyl sites for hydroxylation is 2. The number of aromatic nitrogens is 2. The zero-order valence-electron chi connectivity index (χ0n) is 27.5. The Labute approximate surface area is 285 Å². The molecular formula is C47H33N2+. The molecule has 49 heavy (non-hydrogen) atoms. The van der Waals surface area contributed by atoms with E-state index < -0.39 is 0 Å². The Bertz CT molecular complexity index is 2770. The third-order valence-electron chi connectivity index (χ3n) is 10.6.